The summed E-state index contributed by atoms with van der Waals surface area (Å²) in [7, 11) is 1.67. The lowest BCUT2D eigenvalue weighted by Crippen LogP contribution is -2.58. The molecule has 3 aliphatic rings. The van der Waals surface area contributed by atoms with Crippen molar-refractivity contribution in [2.24, 2.45) is 16.9 Å². The van der Waals surface area contributed by atoms with Gasteiger partial charge in [-0.05, 0) is 89.6 Å². The van der Waals surface area contributed by atoms with E-state index in [9.17, 15) is 19.2 Å². The van der Waals surface area contributed by atoms with Crippen LogP contribution in [0.25, 0.3) is 0 Å². The fourth-order valence-electron chi connectivity index (χ4n) is 10.0. The van der Waals surface area contributed by atoms with Crippen LogP contribution in [0.1, 0.15) is 89.1 Å². The van der Waals surface area contributed by atoms with Crippen molar-refractivity contribution in [3.05, 3.63) is 126 Å². The molecule has 8 N–H and O–H groups in total. The topological polar surface area (TPSA) is 252 Å². The van der Waals surface area contributed by atoms with Crippen molar-refractivity contribution in [2.75, 3.05) is 26.7 Å². The van der Waals surface area contributed by atoms with Gasteiger partial charge in [0.25, 0.3) is 0 Å². The number of benzene rings is 3. The predicted molar refractivity (Wildman–Crippen MR) is 285 cm³/mol. The zero-order valence-corrected chi connectivity index (χ0v) is 44.0. The van der Waals surface area contributed by atoms with E-state index in [1.165, 1.54) is 16.8 Å². The molecule has 0 spiro atoms. The number of amidine groups is 1. The molecule has 4 heterocycles. The molecule has 19 nitrogen and oxygen atoms in total. The first-order valence-corrected chi connectivity index (χ1v) is 26.8. The minimum atomic E-state index is -1.04. The van der Waals surface area contributed by atoms with Crippen LogP contribution in [0.2, 0.25) is 0 Å². The zero-order valence-electron chi connectivity index (χ0n) is 43.2. The summed E-state index contributed by atoms with van der Waals surface area (Å²) in [4.78, 5) is 60.9. The number of ether oxygens (including phenoxy) is 1. The third-order valence-corrected chi connectivity index (χ3v) is 15.6. The summed E-state index contributed by atoms with van der Waals surface area (Å²) in [5.41, 5.74) is 16.8. The molecule has 0 unspecified atom stereocenters. The molecule has 2 fully saturated rings. The Kier molecular flexibility index (Phi) is 20.0. The number of carbonyl (C=O) groups excluding carboxylic acids is 4. The monoisotopic (exact) mass is 1030 g/mol. The number of nitrogens with zero attached hydrogens (tertiary/aromatic N) is 7. The number of likely N-dealkylation sites (N-methyl/N-ethyl adjacent to an activating group) is 1. The number of thioether (sulfide) groups is 1. The summed E-state index contributed by atoms with van der Waals surface area (Å²) >= 11 is 1.52. The number of nitrogens with two attached hydrogens (primary N) is 1. The number of carbonyl (C=O) groups is 4. The van der Waals surface area contributed by atoms with Crippen LogP contribution in [0, 0.1) is 16.9 Å². The molecule has 10 atom stereocenters. The molecule has 74 heavy (non-hydrogen) atoms. The molecule has 0 saturated carbocycles. The highest BCUT2D eigenvalue weighted by Crippen LogP contribution is 2.32. The Labute approximate surface area is 439 Å². The molecule has 4 amide bonds. The van der Waals surface area contributed by atoms with E-state index in [0.717, 1.165) is 41.7 Å². The Hall–Kier alpha value is -6.32. The quantitative estimate of drug-likeness (QED) is 0.0113. The molecule has 1 aromatic heterocycles. The Morgan fingerprint density at radius 1 is 0.932 bits per heavy atom. The number of hydrogen-bond acceptors (Lipinski definition) is 14. The van der Waals surface area contributed by atoms with Crippen molar-refractivity contribution >= 4 is 41.2 Å². The standard InChI is InChI=1S/C54H74N14O5S/c1-6-46(55)52(70)61-49-40(24-25-43-26-27-44(68(43)54(49)72)31-59-48(38-17-10-7-11-18-38)39-19-12-8-13-20-39)32-65-33-41(62-64-65)34-73-36(3)47(60-51(69)35(2)58-5)53(71)66-29-16-21-42(66)28-30-67(63-57)50(56)37(4)74-45-22-14-9-15-23-45/h7-15,17-20,22-25,33,35-37,40,42-44,46-49,56-59H,6,16,21,26-32,34,55H2,1-5H3,(H,60,69)(H,61,70)/t35-,36+,37+,40+,42-,43-,44-,46-,47-,49-/m0/s1. The first kappa shape index (κ1) is 55.4. The van der Waals surface area contributed by atoms with Gasteiger partial charge in [0.05, 0.1) is 54.9 Å². The van der Waals surface area contributed by atoms with Crippen molar-refractivity contribution in [1.82, 2.24) is 51.1 Å². The number of likely N-dealkylation sites (tertiary alicyclic amines) is 1. The van der Waals surface area contributed by atoms with Crippen molar-refractivity contribution in [3.63, 3.8) is 0 Å². The average Bonchev–Trinajstić information content (AvgIpc) is 4.19. The van der Waals surface area contributed by atoms with Crippen molar-refractivity contribution in [2.45, 2.75) is 144 Å². The lowest BCUT2D eigenvalue weighted by atomic mass is 9.96. The van der Waals surface area contributed by atoms with E-state index >= 15 is 0 Å². The minimum absolute atomic E-state index is 0.0322. The van der Waals surface area contributed by atoms with E-state index in [0.29, 0.717) is 31.6 Å². The van der Waals surface area contributed by atoms with E-state index in [1.54, 1.807) is 36.7 Å². The number of amides is 4. The molecular formula is C54H74N14O5S. The molecule has 0 radical (unpaired) electrons. The summed E-state index contributed by atoms with van der Waals surface area (Å²) in [6.45, 7) is 8.68. The van der Waals surface area contributed by atoms with E-state index in [-0.39, 0.29) is 72.7 Å². The third-order valence-electron chi connectivity index (χ3n) is 14.5. The molecule has 396 valence electrons. The Morgan fingerprint density at radius 2 is 1.61 bits per heavy atom. The van der Waals surface area contributed by atoms with Crippen molar-refractivity contribution in [3.8, 4) is 0 Å². The van der Waals surface area contributed by atoms with E-state index in [4.69, 9.17) is 21.4 Å². The highest BCUT2D eigenvalue weighted by molar-refractivity contribution is 8.00. The maximum absolute atomic E-state index is 14.9. The summed E-state index contributed by atoms with van der Waals surface area (Å²) < 4.78 is 7.96. The van der Waals surface area contributed by atoms with Gasteiger partial charge in [0.2, 0.25) is 23.6 Å². The Bertz CT molecular complexity index is 2480. The van der Waals surface area contributed by atoms with Crippen LogP contribution in [-0.4, -0.2) is 140 Å². The third kappa shape index (κ3) is 14.1. The van der Waals surface area contributed by atoms with Gasteiger partial charge in [-0.2, -0.15) is 5.53 Å². The highest BCUT2D eigenvalue weighted by atomic mass is 32.2. The minimum Gasteiger partial charge on any atom is -0.369 e. The lowest BCUT2D eigenvalue weighted by molar-refractivity contribution is -0.142. The van der Waals surface area contributed by atoms with Crippen LogP contribution in [0.5, 0.6) is 0 Å². The van der Waals surface area contributed by atoms with Crippen molar-refractivity contribution in [1.29, 1.82) is 10.9 Å². The van der Waals surface area contributed by atoms with Crippen LogP contribution in [0.4, 0.5) is 0 Å². The molecule has 3 aliphatic heterocycles. The molecule has 7 rings (SSSR count). The first-order chi connectivity index (χ1) is 35.8. The average molecular weight is 1030 g/mol. The first-order valence-electron chi connectivity index (χ1n) is 25.9. The summed E-state index contributed by atoms with van der Waals surface area (Å²) in [5, 5.41) is 35.1. The molecule has 20 heteroatoms. The summed E-state index contributed by atoms with van der Waals surface area (Å²) in [6, 6.07) is 26.4. The van der Waals surface area contributed by atoms with E-state index < -0.39 is 42.1 Å². The lowest BCUT2D eigenvalue weighted by Gasteiger charge is -2.34. The second kappa shape index (κ2) is 26.8. The van der Waals surface area contributed by atoms with Crippen molar-refractivity contribution < 1.29 is 23.9 Å². The normalized spacial score (nSPS) is 21.6. The van der Waals surface area contributed by atoms with Gasteiger partial charge in [0, 0.05) is 42.5 Å². The van der Waals surface area contributed by atoms with E-state index in [2.05, 4.69) is 67.1 Å². The number of hydrogen-bond donors (Lipinski definition) is 7. The molecule has 3 aromatic carbocycles. The second-order valence-electron chi connectivity index (χ2n) is 19.5. The van der Waals surface area contributed by atoms with Crippen LogP contribution < -0.4 is 27.0 Å². The molecule has 2 saturated heterocycles. The Balaban J connectivity index is 1.01. The number of nitrogens with one attached hydrogen (secondary N) is 6. The van der Waals surface area contributed by atoms with Crippen LogP contribution >= 0.6 is 11.8 Å². The summed E-state index contributed by atoms with van der Waals surface area (Å²) in [6.07, 6.45) is 8.95. The zero-order chi connectivity index (χ0) is 52.7. The molecule has 0 aliphatic carbocycles. The van der Waals surface area contributed by atoms with Gasteiger partial charge in [-0.3, -0.25) is 29.3 Å². The predicted octanol–water partition coefficient (Wildman–Crippen LogP) is 5.21. The van der Waals surface area contributed by atoms with Crippen LogP contribution in [-0.2, 0) is 37.1 Å². The van der Waals surface area contributed by atoms with Gasteiger partial charge < -0.3 is 41.5 Å². The van der Waals surface area contributed by atoms with Gasteiger partial charge in [-0.15, -0.1) is 16.9 Å². The summed E-state index contributed by atoms with van der Waals surface area (Å²) in [5.74, 6) is -1.52. The van der Waals surface area contributed by atoms with Crippen LogP contribution in [0.15, 0.2) is 119 Å². The second-order valence-corrected chi connectivity index (χ2v) is 20.9. The van der Waals surface area contributed by atoms with Crippen LogP contribution in [0.3, 0.4) is 0 Å². The molecule has 0 bridgehead atoms. The Morgan fingerprint density at radius 3 is 2.26 bits per heavy atom. The SMILES string of the molecule is CC[C@H](N)C(=O)N[C@@H]1C(=O)N2[C@H](CNC(c3ccccc3)c3ccccc3)CC[C@@H]2C=C[C@@H]1Cn1cc(CO[C@H](C)[C@H](NC(=O)[C@H](C)NC)C(=O)N2CCC[C@H]2CCN(N=N)C(=N)[C@@H](C)Sc2ccccc2)nn1. The van der Waals surface area contributed by atoms with E-state index in [1.807, 2.05) is 91.6 Å². The number of fused-ring (bicyclic) bond motifs is 1. The fraction of sp³-hybridized carbons (Fsp3) is 0.500. The molecular weight excluding hydrogens is 957 g/mol. The number of rotatable bonds is 25. The maximum Gasteiger partial charge on any atom is 0.248 e. The largest absolute Gasteiger partial charge is 0.369 e. The van der Waals surface area contributed by atoms with Gasteiger partial charge >= 0.3 is 0 Å². The van der Waals surface area contributed by atoms with Gasteiger partial charge in [-0.25, -0.2) is 5.01 Å². The number of aromatic nitrogens is 3. The van der Waals surface area contributed by atoms with Gasteiger partial charge in [-0.1, -0.05) is 108 Å². The van der Waals surface area contributed by atoms with Gasteiger partial charge in [0.1, 0.15) is 23.6 Å². The van der Waals surface area contributed by atoms with Gasteiger partial charge in [0.15, 0.2) is 0 Å². The molecule has 4 aromatic rings. The highest BCUT2D eigenvalue weighted by Gasteiger charge is 2.44. The smallest absolute Gasteiger partial charge is 0.248 e. The maximum atomic E-state index is 14.9. The fourth-order valence-corrected chi connectivity index (χ4v) is 11.0.